The number of nitrogen functional groups attached to an aromatic ring is 1. The van der Waals surface area contributed by atoms with Crippen LogP contribution in [0.5, 0.6) is 5.75 Å². The van der Waals surface area contributed by atoms with Crippen molar-refractivity contribution in [2.24, 2.45) is 0 Å². The molecule has 24 heavy (non-hydrogen) atoms. The van der Waals surface area contributed by atoms with Crippen LogP contribution >= 0.6 is 0 Å². The van der Waals surface area contributed by atoms with Gasteiger partial charge in [0.2, 0.25) is 0 Å². The normalized spacial score (nSPS) is 16.1. The molecule has 8 heteroatoms. The summed E-state index contributed by atoms with van der Waals surface area (Å²) in [5.41, 5.74) is 6.50. The van der Waals surface area contributed by atoms with Gasteiger partial charge in [0.1, 0.15) is 5.75 Å². The van der Waals surface area contributed by atoms with Crippen molar-refractivity contribution in [2.75, 3.05) is 11.5 Å². The fourth-order valence-electron chi connectivity index (χ4n) is 2.79. The Morgan fingerprint density at radius 2 is 1.88 bits per heavy atom. The lowest BCUT2D eigenvalue weighted by Crippen LogP contribution is -2.37. The number of phenolic OH excluding ortho intramolecular Hbond substituents is 1. The molecule has 0 spiro atoms. The van der Waals surface area contributed by atoms with Gasteiger partial charge in [0.05, 0.1) is 17.2 Å². The smallest absolute Gasteiger partial charge is 0.264 e. The summed E-state index contributed by atoms with van der Waals surface area (Å²) in [6, 6.07) is 9.27. The molecule has 2 atom stereocenters. The first-order valence-corrected chi connectivity index (χ1v) is 8.25. The minimum atomic E-state index is -2.51. The highest BCUT2D eigenvalue weighted by atomic mass is 32.2. The van der Waals surface area contributed by atoms with E-state index in [1.807, 2.05) is 0 Å². The number of amides is 2. The van der Waals surface area contributed by atoms with Gasteiger partial charge < -0.3 is 15.4 Å². The Balaban J connectivity index is 2.10. The lowest BCUT2D eigenvalue weighted by Gasteiger charge is -2.27. The summed E-state index contributed by atoms with van der Waals surface area (Å²) in [5.74, 6) is -1.83. The second-order valence-electron chi connectivity index (χ2n) is 5.33. The van der Waals surface area contributed by atoms with E-state index in [4.69, 9.17) is 5.73 Å². The Morgan fingerprint density at radius 1 is 1.17 bits per heavy atom. The number of phenols is 1. The maximum Gasteiger partial charge on any atom is 0.264 e. The number of nitrogens with zero attached hydrogens (tertiary/aromatic N) is 1. The van der Waals surface area contributed by atoms with Gasteiger partial charge in [-0.2, -0.15) is 0 Å². The van der Waals surface area contributed by atoms with Crippen molar-refractivity contribution in [3.05, 3.63) is 59.2 Å². The minimum absolute atomic E-state index is 0.0735. The van der Waals surface area contributed by atoms with Crippen LogP contribution in [-0.2, 0) is 11.1 Å². The van der Waals surface area contributed by atoms with E-state index in [9.17, 15) is 23.5 Å². The summed E-state index contributed by atoms with van der Waals surface area (Å²) in [6.45, 7) is 0. The average molecular weight is 345 g/mol. The second-order valence-corrected chi connectivity index (χ2v) is 6.27. The minimum Gasteiger partial charge on any atom is -0.772 e. The molecule has 1 unspecified atom stereocenters. The molecular weight excluding hydrogens is 332 g/mol. The van der Waals surface area contributed by atoms with E-state index in [1.54, 1.807) is 12.1 Å². The van der Waals surface area contributed by atoms with Crippen LogP contribution in [-0.4, -0.2) is 36.3 Å². The molecule has 0 aliphatic carbocycles. The lowest BCUT2D eigenvalue weighted by atomic mass is 10.1. The van der Waals surface area contributed by atoms with E-state index >= 15 is 0 Å². The SMILES string of the molecule is Nc1cccc2c1C(=O)N([C@H](CS(=O)[O-])c1cccc(O)c1)C2=O. The Hall–Kier alpha value is -2.71. The molecule has 2 amide bonds. The predicted molar refractivity (Wildman–Crippen MR) is 86.0 cm³/mol. The number of carbonyl (C=O) groups excluding carboxylic acids is 2. The number of nitrogens with two attached hydrogens (primary N) is 1. The molecule has 2 aromatic carbocycles. The Morgan fingerprint density at radius 3 is 2.50 bits per heavy atom. The number of hydrogen-bond donors (Lipinski definition) is 2. The van der Waals surface area contributed by atoms with Crippen LogP contribution in [0.4, 0.5) is 5.69 Å². The van der Waals surface area contributed by atoms with Crippen molar-refractivity contribution in [3.63, 3.8) is 0 Å². The largest absolute Gasteiger partial charge is 0.772 e. The molecule has 2 aromatic rings. The van der Waals surface area contributed by atoms with Crippen LogP contribution in [0.15, 0.2) is 42.5 Å². The van der Waals surface area contributed by atoms with Gasteiger partial charge in [0, 0.05) is 11.4 Å². The molecule has 0 radical (unpaired) electrons. The van der Waals surface area contributed by atoms with Crippen molar-refractivity contribution < 1.29 is 23.5 Å². The maximum absolute atomic E-state index is 12.7. The topological polar surface area (TPSA) is 124 Å². The lowest BCUT2D eigenvalue weighted by molar-refractivity contribution is 0.0597. The zero-order valence-electron chi connectivity index (χ0n) is 12.3. The molecule has 0 bridgehead atoms. The van der Waals surface area contributed by atoms with Gasteiger partial charge in [-0.15, -0.1) is 0 Å². The van der Waals surface area contributed by atoms with Gasteiger partial charge in [0.15, 0.2) is 0 Å². The Kier molecular flexibility index (Phi) is 4.08. The zero-order chi connectivity index (χ0) is 17.4. The summed E-state index contributed by atoms with van der Waals surface area (Å²) in [5, 5.41) is 9.63. The van der Waals surface area contributed by atoms with E-state index in [2.05, 4.69) is 0 Å². The van der Waals surface area contributed by atoms with Gasteiger partial charge in [-0.05, 0) is 29.8 Å². The summed E-state index contributed by atoms with van der Waals surface area (Å²) in [6.07, 6.45) is 0. The molecule has 1 heterocycles. The Bertz CT molecular complexity index is 867. The molecule has 0 saturated heterocycles. The number of rotatable bonds is 4. The van der Waals surface area contributed by atoms with Gasteiger partial charge in [-0.1, -0.05) is 29.3 Å². The maximum atomic E-state index is 12.7. The first kappa shape index (κ1) is 16.2. The summed E-state index contributed by atoms with van der Waals surface area (Å²) >= 11 is -2.51. The fourth-order valence-corrected chi connectivity index (χ4v) is 3.39. The third-order valence-corrected chi connectivity index (χ3v) is 4.43. The van der Waals surface area contributed by atoms with Crippen LogP contribution in [0.1, 0.15) is 32.3 Å². The van der Waals surface area contributed by atoms with E-state index < -0.39 is 34.7 Å². The standard InChI is InChI=1S/C16H14N2O5S/c17-12-6-2-5-11-14(12)16(21)18(15(11)20)13(8-24(22)23)9-3-1-4-10(19)7-9/h1-7,13,19H,8,17H2,(H,22,23)/p-1/t13-/m1/s1. The molecule has 0 fully saturated rings. The summed E-state index contributed by atoms with van der Waals surface area (Å²) in [7, 11) is 0. The average Bonchev–Trinajstić information content (AvgIpc) is 2.77. The highest BCUT2D eigenvalue weighted by molar-refractivity contribution is 7.79. The fraction of sp³-hybridized carbons (Fsp3) is 0.125. The number of carbonyl (C=O) groups is 2. The number of hydrogen-bond acceptors (Lipinski definition) is 6. The first-order chi connectivity index (χ1) is 11.4. The van der Waals surface area contributed by atoms with Gasteiger partial charge >= 0.3 is 0 Å². The van der Waals surface area contributed by atoms with Crippen molar-refractivity contribution in [1.82, 2.24) is 4.90 Å². The van der Waals surface area contributed by atoms with Crippen LogP contribution in [0.3, 0.4) is 0 Å². The van der Waals surface area contributed by atoms with Gasteiger partial charge in [-0.25, -0.2) is 0 Å². The van der Waals surface area contributed by atoms with Gasteiger partial charge in [-0.3, -0.25) is 18.7 Å². The number of aromatic hydroxyl groups is 1. The zero-order valence-corrected chi connectivity index (χ0v) is 13.2. The second kappa shape index (κ2) is 6.06. The first-order valence-electron chi connectivity index (χ1n) is 7.01. The monoisotopic (exact) mass is 345 g/mol. The van der Waals surface area contributed by atoms with Crippen molar-refractivity contribution in [2.45, 2.75) is 6.04 Å². The number of imide groups is 1. The number of fused-ring (bicyclic) bond motifs is 1. The number of benzene rings is 2. The van der Waals surface area contributed by atoms with Crippen LogP contribution in [0.2, 0.25) is 0 Å². The van der Waals surface area contributed by atoms with Gasteiger partial charge in [0.25, 0.3) is 11.8 Å². The predicted octanol–water partition coefficient (Wildman–Crippen LogP) is 1.19. The van der Waals surface area contributed by atoms with Crippen molar-refractivity contribution >= 4 is 28.6 Å². The third kappa shape index (κ3) is 2.66. The quantitative estimate of drug-likeness (QED) is 0.487. The van der Waals surface area contributed by atoms with Crippen molar-refractivity contribution in [3.8, 4) is 5.75 Å². The molecule has 1 aliphatic heterocycles. The summed E-state index contributed by atoms with van der Waals surface area (Å²) in [4.78, 5) is 26.2. The van der Waals surface area contributed by atoms with E-state index in [-0.39, 0.29) is 22.6 Å². The van der Waals surface area contributed by atoms with E-state index in [0.717, 1.165) is 4.90 Å². The van der Waals surface area contributed by atoms with Crippen molar-refractivity contribution in [1.29, 1.82) is 0 Å². The molecule has 124 valence electrons. The van der Waals surface area contributed by atoms with E-state index in [1.165, 1.54) is 30.3 Å². The molecule has 3 rings (SSSR count). The molecular formula is C16H13N2O5S-. The van der Waals surface area contributed by atoms with Crippen LogP contribution < -0.4 is 5.73 Å². The molecule has 7 nitrogen and oxygen atoms in total. The number of anilines is 1. The molecule has 0 saturated carbocycles. The Labute approximate surface area is 140 Å². The van der Waals surface area contributed by atoms with Crippen LogP contribution in [0.25, 0.3) is 0 Å². The molecule has 3 N–H and O–H groups in total. The third-order valence-electron chi connectivity index (χ3n) is 3.84. The molecule has 1 aliphatic rings. The molecule has 0 aromatic heterocycles. The van der Waals surface area contributed by atoms with E-state index in [0.29, 0.717) is 5.56 Å². The van der Waals surface area contributed by atoms with Crippen LogP contribution in [0, 0.1) is 0 Å². The summed E-state index contributed by atoms with van der Waals surface area (Å²) < 4.78 is 22.5. The highest BCUT2D eigenvalue weighted by Gasteiger charge is 2.41. The highest BCUT2D eigenvalue weighted by Crippen LogP contribution is 2.35.